The molecule has 0 amide bonds. The van der Waals surface area contributed by atoms with Crippen molar-refractivity contribution < 1.29 is 13.9 Å². The zero-order chi connectivity index (χ0) is 21.5. The summed E-state index contributed by atoms with van der Waals surface area (Å²) >= 11 is 6.11. The lowest BCUT2D eigenvalue weighted by molar-refractivity contribution is 0.0473. The Bertz CT molecular complexity index is 1200. The summed E-state index contributed by atoms with van der Waals surface area (Å²) in [4.78, 5) is 12.5. The van der Waals surface area contributed by atoms with Gasteiger partial charge in [-0.05, 0) is 42.5 Å². The fourth-order valence-corrected chi connectivity index (χ4v) is 3.09. The molecular weight excluding hydrogens is 412 g/mol. The lowest BCUT2D eigenvalue weighted by Gasteiger charge is -2.07. The van der Waals surface area contributed by atoms with E-state index in [9.17, 15) is 4.79 Å². The molecule has 1 heterocycles. The molecule has 6 heteroatoms. The maximum atomic E-state index is 12.5. The van der Waals surface area contributed by atoms with Crippen molar-refractivity contribution in [3.05, 3.63) is 113 Å². The van der Waals surface area contributed by atoms with E-state index >= 15 is 0 Å². The number of ether oxygens (including phenoxy) is 1. The van der Waals surface area contributed by atoms with Gasteiger partial charge in [0.2, 0.25) is 0 Å². The number of carbonyl (C=O) groups is 1. The van der Waals surface area contributed by atoms with E-state index in [0.717, 1.165) is 16.8 Å². The highest BCUT2D eigenvalue weighted by atomic mass is 35.5. The third-order valence-electron chi connectivity index (χ3n) is 4.49. The Kier molecular flexibility index (Phi) is 6.45. The van der Waals surface area contributed by atoms with Crippen LogP contribution in [0.15, 0.2) is 101 Å². The minimum atomic E-state index is -0.429. The van der Waals surface area contributed by atoms with Gasteiger partial charge in [0.15, 0.2) is 0 Å². The molecule has 0 aliphatic rings. The van der Waals surface area contributed by atoms with E-state index in [1.165, 1.54) is 0 Å². The summed E-state index contributed by atoms with van der Waals surface area (Å²) < 4.78 is 11.2. The second-order valence-electron chi connectivity index (χ2n) is 6.69. The van der Waals surface area contributed by atoms with Gasteiger partial charge in [-0.15, -0.1) is 0 Å². The van der Waals surface area contributed by atoms with Crippen LogP contribution in [0, 0.1) is 0 Å². The molecule has 0 spiro atoms. The van der Waals surface area contributed by atoms with Gasteiger partial charge in [0, 0.05) is 16.1 Å². The Hall–Kier alpha value is -3.83. The van der Waals surface area contributed by atoms with Crippen molar-refractivity contribution in [2.75, 3.05) is 5.43 Å². The largest absolute Gasteiger partial charge is 0.457 e. The number of rotatable bonds is 7. The summed E-state index contributed by atoms with van der Waals surface area (Å²) in [6.07, 6.45) is 1.60. The minimum absolute atomic E-state index is 0.110. The molecule has 1 aromatic heterocycles. The van der Waals surface area contributed by atoms with Crippen molar-refractivity contribution in [3.8, 4) is 11.3 Å². The Balaban J connectivity index is 1.41. The smallest absolute Gasteiger partial charge is 0.338 e. The maximum Gasteiger partial charge on any atom is 0.338 e. The van der Waals surface area contributed by atoms with Crippen LogP contribution >= 0.6 is 11.6 Å². The molecule has 31 heavy (non-hydrogen) atoms. The first-order valence-corrected chi connectivity index (χ1v) is 10.0. The van der Waals surface area contributed by atoms with Gasteiger partial charge in [-0.3, -0.25) is 5.43 Å². The number of furan rings is 1. The number of para-hydroxylation sites is 1. The van der Waals surface area contributed by atoms with E-state index in [0.29, 0.717) is 22.1 Å². The van der Waals surface area contributed by atoms with Crippen LogP contribution in [0.4, 0.5) is 5.69 Å². The number of hydrogen-bond acceptors (Lipinski definition) is 5. The first-order valence-electron chi connectivity index (χ1n) is 9.64. The molecular formula is C25H19ClN2O3. The van der Waals surface area contributed by atoms with Gasteiger partial charge in [-0.1, -0.05) is 60.1 Å². The standard InChI is InChI=1S/C25H19ClN2O3/c26-23-12-5-4-7-20(23)17-30-25(29)19-9-6-8-18(15-19)24-14-13-22(31-24)16-27-28-21-10-2-1-3-11-21/h1-16,28H,17H2. The topological polar surface area (TPSA) is 63.8 Å². The van der Waals surface area contributed by atoms with E-state index in [1.54, 1.807) is 30.5 Å². The van der Waals surface area contributed by atoms with Crippen LogP contribution in [0.2, 0.25) is 5.02 Å². The molecule has 0 saturated heterocycles. The number of hydrogen-bond donors (Lipinski definition) is 1. The summed E-state index contributed by atoms with van der Waals surface area (Å²) in [5, 5.41) is 4.74. The molecule has 1 N–H and O–H groups in total. The number of esters is 1. The number of halogens is 1. The summed E-state index contributed by atoms with van der Waals surface area (Å²) in [6, 6.07) is 27.6. The first-order chi connectivity index (χ1) is 15.2. The molecule has 5 nitrogen and oxygen atoms in total. The Morgan fingerprint density at radius 2 is 1.77 bits per heavy atom. The van der Waals surface area contributed by atoms with Crippen molar-refractivity contribution >= 4 is 29.5 Å². The number of benzene rings is 3. The second kappa shape index (κ2) is 9.78. The summed E-state index contributed by atoms with van der Waals surface area (Å²) in [5.41, 5.74) is 5.78. The summed E-state index contributed by atoms with van der Waals surface area (Å²) in [7, 11) is 0. The van der Waals surface area contributed by atoms with E-state index in [-0.39, 0.29) is 6.61 Å². The molecule has 3 aromatic carbocycles. The van der Waals surface area contributed by atoms with Crippen molar-refractivity contribution in [2.24, 2.45) is 5.10 Å². The Morgan fingerprint density at radius 3 is 2.61 bits per heavy atom. The quantitative estimate of drug-likeness (QED) is 0.209. The molecule has 0 saturated carbocycles. The average Bonchev–Trinajstić information content (AvgIpc) is 3.28. The fourth-order valence-electron chi connectivity index (χ4n) is 2.90. The van der Waals surface area contributed by atoms with Crippen LogP contribution in [0.25, 0.3) is 11.3 Å². The second-order valence-corrected chi connectivity index (χ2v) is 7.09. The van der Waals surface area contributed by atoms with Gasteiger partial charge in [0.1, 0.15) is 18.1 Å². The zero-order valence-electron chi connectivity index (χ0n) is 16.5. The highest BCUT2D eigenvalue weighted by Crippen LogP contribution is 2.23. The number of nitrogens with zero attached hydrogens (tertiary/aromatic N) is 1. The van der Waals surface area contributed by atoms with Crippen LogP contribution in [-0.2, 0) is 11.3 Å². The van der Waals surface area contributed by atoms with Crippen LogP contribution in [0.1, 0.15) is 21.7 Å². The number of hydrazone groups is 1. The predicted octanol–water partition coefficient (Wildman–Crippen LogP) is 6.40. The molecule has 0 aliphatic carbocycles. The normalized spacial score (nSPS) is 10.9. The number of nitrogens with one attached hydrogen (secondary N) is 1. The third kappa shape index (κ3) is 5.41. The van der Waals surface area contributed by atoms with E-state index in [1.807, 2.05) is 66.7 Å². The Morgan fingerprint density at radius 1 is 0.968 bits per heavy atom. The average molecular weight is 431 g/mol. The molecule has 0 aliphatic heterocycles. The van der Waals surface area contributed by atoms with Crippen molar-refractivity contribution in [2.45, 2.75) is 6.61 Å². The first kappa shape index (κ1) is 20.4. The van der Waals surface area contributed by atoms with Crippen LogP contribution < -0.4 is 5.43 Å². The lowest BCUT2D eigenvalue weighted by atomic mass is 10.1. The van der Waals surface area contributed by atoms with E-state index < -0.39 is 5.97 Å². The van der Waals surface area contributed by atoms with Crippen molar-refractivity contribution in [1.29, 1.82) is 0 Å². The SMILES string of the molecule is O=C(OCc1ccccc1Cl)c1cccc(-c2ccc(C=NNc3ccccc3)o2)c1. The molecule has 0 bridgehead atoms. The summed E-state index contributed by atoms with van der Waals surface area (Å²) in [5.74, 6) is 0.786. The van der Waals surface area contributed by atoms with Crippen LogP contribution in [-0.4, -0.2) is 12.2 Å². The van der Waals surface area contributed by atoms with Crippen molar-refractivity contribution in [3.63, 3.8) is 0 Å². The highest BCUT2D eigenvalue weighted by molar-refractivity contribution is 6.31. The molecule has 0 radical (unpaired) electrons. The Labute approximate surface area is 184 Å². The number of carbonyl (C=O) groups excluding carboxylic acids is 1. The molecule has 154 valence electrons. The van der Waals surface area contributed by atoms with Gasteiger partial charge in [-0.25, -0.2) is 4.79 Å². The minimum Gasteiger partial charge on any atom is -0.457 e. The molecule has 0 unspecified atom stereocenters. The monoisotopic (exact) mass is 430 g/mol. The predicted molar refractivity (Wildman–Crippen MR) is 122 cm³/mol. The zero-order valence-corrected chi connectivity index (χ0v) is 17.3. The summed E-state index contributed by atoms with van der Waals surface area (Å²) in [6.45, 7) is 0.110. The van der Waals surface area contributed by atoms with Gasteiger partial charge >= 0.3 is 5.97 Å². The van der Waals surface area contributed by atoms with Gasteiger partial charge in [-0.2, -0.15) is 5.10 Å². The molecule has 4 aromatic rings. The van der Waals surface area contributed by atoms with E-state index in [4.69, 9.17) is 20.8 Å². The maximum absolute atomic E-state index is 12.5. The van der Waals surface area contributed by atoms with Gasteiger partial charge < -0.3 is 9.15 Å². The highest BCUT2D eigenvalue weighted by Gasteiger charge is 2.11. The molecule has 4 rings (SSSR count). The van der Waals surface area contributed by atoms with E-state index in [2.05, 4.69) is 10.5 Å². The number of anilines is 1. The van der Waals surface area contributed by atoms with Crippen LogP contribution in [0.3, 0.4) is 0 Å². The molecule has 0 fully saturated rings. The molecule has 0 atom stereocenters. The lowest BCUT2D eigenvalue weighted by Crippen LogP contribution is -2.05. The third-order valence-corrected chi connectivity index (χ3v) is 4.85. The fraction of sp³-hybridized carbons (Fsp3) is 0.0400. The van der Waals surface area contributed by atoms with Gasteiger partial charge in [0.05, 0.1) is 17.5 Å². The van der Waals surface area contributed by atoms with Crippen LogP contribution in [0.5, 0.6) is 0 Å². The van der Waals surface area contributed by atoms with Gasteiger partial charge in [0.25, 0.3) is 0 Å². The van der Waals surface area contributed by atoms with Crippen molar-refractivity contribution in [1.82, 2.24) is 0 Å².